The molecule has 7 heteroatoms. The molecule has 1 aliphatic rings. The molecule has 0 unspecified atom stereocenters. The number of ether oxygens (including phenoxy) is 2. The van der Waals surface area contributed by atoms with Gasteiger partial charge in [0.25, 0.3) is 0 Å². The van der Waals surface area contributed by atoms with Gasteiger partial charge in [0, 0.05) is 12.0 Å². The summed E-state index contributed by atoms with van der Waals surface area (Å²) >= 11 is 0. The van der Waals surface area contributed by atoms with Crippen LogP contribution in [0, 0.1) is 18.8 Å². The summed E-state index contributed by atoms with van der Waals surface area (Å²) in [6, 6.07) is 5.76. The molecule has 1 aliphatic carbocycles. The normalized spacial score (nSPS) is 18.7. The van der Waals surface area contributed by atoms with E-state index in [1.54, 1.807) is 13.8 Å². The van der Waals surface area contributed by atoms with Crippen molar-refractivity contribution >= 4 is 28.5 Å². The third-order valence-electron chi connectivity index (χ3n) is 5.80. The number of esters is 1. The Kier molecular flexibility index (Phi) is 7.36. The number of rotatable bonds is 7. The van der Waals surface area contributed by atoms with Crippen LogP contribution in [0.15, 0.2) is 18.2 Å². The second kappa shape index (κ2) is 9.98. The number of aryl methyl sites for hydroxylation is 1. The monoisotopic (exact) mass is 427 g/mol. The second-order valence-corrected chi connectivity index (χ2v) is 8.55. The number of pyridine rings is 1. The highest BCUT2D eigenvalue weighted by Crippen LogP contribution is 2.35. The van der Waals surface area contributed by atoms with Gasteiger partial charge in [0.05, 0.1) is 35.5 Å². The molecule has 0 aliphatic heterocycles. The zero-order valence-electron chi connectivity index (χ0n) is 18.9. The smallest absolute Gasteiger partial charge is 0.342 e. The summed E-state index contributed by atoms with van der Waals surface area (Å²) in [5.41, 5.74) is 8.25. The van der Waals surface area contributed by atoms with Gasteiger partial charge in [-0.25, -0.2) is 4.79 Å². The number of nitrogens with zero attached hydrogens (tertiary/aromatic N) is 1. The molecular formula is C24H33N3O4. The van der Waals surface area contributed by atoms with Crippen LogP contribution in [-0.4, -0.2) is 36.1 Å². The highest BCUT2D eigenvalue weighted by Gasteiger charge is 2.27. The molecule has 2 aromatic rings. The van der Waals surface area contributed by atoms with Crippen LogP contribution >= 0.6 is 0 Å². The maximum Gasteiger partial charge on any atom is 0.342 e. The summed E-state index contributed by atoms with van der Waals surface area (Å²) in [5.74, 6) is 0.769. The summed E-state index contributed by atoms with van der Waals surface area (Å²) in [7, 11) is 0. The summed E-state index contributed by atoms with van der Waals surface area (Å²) in [4.78, 5) is 29.2. The van der Waals surface area contributed by atoms with E-state index in [9.17, 15) is 9.59 Å². The van der Waals surface area contributed by atoms with E-state index in [-0.39, 0.29) is 24.5 Å². The molecule has 168 valence electrons. The van der Waals surface area contributed by atoms with Gasteiger partial charge in [0.15, 0.2) is 0 Å². The zero-order chi connectivity index (χ0) is 22.5. The van der Waals surface area contributed by atoms with Gasteiger partial charge in [-0.3, -0.25) is 9.78 Å². The van der Waals surface area contributed by atoms with Gasteiger partial charge in [-0.05, 0) is 71.4 Å². The average molecular weight is 428 g/mol. The van der Waals surface area contributed by atoms with Gasteiger partial charge in [-0.15, -0.1) is 0 Å². The van der Waals surface area contributed by atoms with Gasteiger partial charge in [-0.2, -0.15) is 0 Å². The largest absolute Gasteiger partial charge is 0.493 e. The van der Waals surface area contributed by atoms with Crippen LogP contribution in [0.1, 0.15) is 62.5 Å². The van der Waals surface area contributed by atoms with Gasteiger partial charge < -0.3 is 20.5 Å². The number of amides is 1. The first-order chi connectivity index (χ1) is 14.8. The van der Waals surface area contributed by atoms with E-state index in [0.29, 0.717) is 46.1 Å². The summed E-state index contributed by atoms with van der Waals surface area (Å²) in [5, 5.41) is 3.65. The lowest BCUT2D eigenvalue weighted by Crippen LogP contribution is -2.37. The number of hydrogen-bond acceptors (Lipinski definition) is 6. The van der Waals surface area contributed by atoms with E-state index in [0.717, 1.165) is 25.7 Å². The number of carbonyl (C=O) groups is 2. The number of carbonyl (C=O) groups excluding carboxylic acids is 2. The third-order valence-corrected chi connectivity index (χ3v) is 5.80. The van der Waals surface area contributed by atoms with Crippen molar-refractivity contribution in [2.24, 2.45) is 11.8 Å². The van der Waals surface area contributed by atoms with E-state index in [1.165, 1.54) is 0 Å². The lowest BCUT2D eigenvalue weighted by Gasteiger charge is -2.28. The van der Waals surface area contributed by atoms with Crippen LogP contribution in [0.4, 0.5) is 5.69 Å². The average Bonchev–Trinajstić information content (AvgIpc) is 2.72. The molecular weight excluding hydrogens is 394 g/mol. The van der Waals surface area contributed by atoms with Crippen LogP contribution in [0.25, 0.3) is 10.9 Å². The van der Waals surface area contributed by atoms with E-state index in [2.05, 4.69) is 10.3 Å². The number of benzene rings is 1. The maximum absolute atomic E-state index is 12.4. The number of aromatic nitrogens is 1. The Morgan fingerprint density at radius 1 is 1.23 bits per heavy atom. The van der Waals surface area contributed by atoms with Crippen LogP contribution < -0.4 is 15.8 Å². The minimum absolute atomic E-state index is 0.0890. The third kappa shape index (κ3) is 5.27. The quantitative estimate of drug-likeness (QED) is 0.647. The van der Waals surface area contributed by atoms with Gasteiger partial charge >= 0.3 is 5.97 Å². The molecule has 1 aromatic heterocycles. The Morgan fingerprint density at radius 2 is 1.94 bits per heavy atom. The fourth-order valence-corrected chi connectivity index (χ4v) is 4.22. The molecule has 3 N–H and O–H groups in total. The number of anilines is 1. The molecule has 7 nitrogen and oxygen atoms in total. The van der Waals surface area contributed by atoms with Crippen LogP contribution in [-0.2, 0) is 9.53 Å². The number of nitrogens with two attached hydrogens (primary N) is 1. The standard InChI is InChI=1S/C24H33N3O4/c1-5-30-24(29)20-15(4)27-18-7-6-8-19(21(18)22(20)25)31-13-16-9-11-17(12-10-16)23(28)26-14(2)3/h6-8,14,16-17H,5,9-13H2,1-4H3,(H2,25,27)(H,26,28). The number of fused-ring (bicyclic) bond motifs is 1. The molecule has 1 amide bonds. The van der Waals surface area contributed by atoms with E-state index in [4.69, 9.17) is 15.2 Å². The lowest BCUT2D eigenvalue weighted by molar-refractivity contribution is -0.126. The predicted molar refractivity (Wildman–Crippen MR) is 121 cm³/mol. The molecule has 0 bridgehead atoms. The molecule has 0 radical (unpaired) electrons. The van der Waals surface area contributed by atoms with Crippen molar-refractivity contribution in [3.8, 4) is 5.75 Å². The maximum atomic E-state index is 12.4. The van der Waals surface area contributed by atoms with Crippen molar-refractivity contribution in [2.45, 2.75) is 59.4 Å². The van der Waals surface area contributed by atoms with E-state index >= 15 is 0 Å². The highest BCUT2D eigenvalue weighted by molar-refractivity contribution is 6.07. The van der Waals surface area contributed by atoms with Crippen molar-refractivity contribution in [1.29, 1.82) is 0 Å². The Balaban J connectivity index is 1.72. The number of nitrogens with one attached hydrogen (secondary N) is 1. The first-order valence-corrected chi connectivity index (χ1v) is 11.1. The molecule has 0 spiro atoms. The molecule has 0 saturated heterocycles. The number of nitrogen functional groups attached to an aromatic ring is 1. The summed E-state index contributed by atoms with van der Waals surface area (Å²) in [6.07, 6.45) is 3.64. The van der Waals surface area contributed by atoms with Crippen molar-refractivity contribution in [2.75, 3.05) is 18.9 Å². The van der Waals surface area contributed by atoms with Crippen LogP contribution in [0.2, 0.25) is 0 Å². The first kappa shape index (κ1) is 22.8. The van der Waals surface area contributed by atoms with Crippen molar-refractivity contribution in [1.82, 2.24) is 10.3 Å². The van der Waals surface area contributed by atoms with Gasteiger partial charge in [0.1, 0.15) is 11.3 Å². The van der Waals surface area contributed by atoms with Crippen molar-refractivity contribution in [3.63, 3.8) is 0 Å². The topological polar surface area (TPSA) is 104 Å². The Morgan fingerprint density at radius 3 is 2.58 bits per heavy atom. The zero-order valence-corrected chi connectivity index (χ0v) is 18.9. The Hall–Kier alpha value is -2.83. The molecule has 1 aromatic carbocycles. The van der Waals surface area contributed by atoms with Crippen molar-refractivity contribution < 1.29 is 19.1 Å². The molecule has 0 atom stereocenters. The molecule has 31 heavy (non-hydrogen) atoms. The Labute approximate surface area is 183 Å². The fraction of sp³-hybridized carbons (Fsp3) is 0.542. The highest BCUT2D eigenvalue weighted by atomic mass is 16.5. The van der Waals surface area contributed by atoms with E-state index in [1.807, 2.05) is 32.0 Å². The predicted octanol–water partition coefficient (Wildman–Crippen LogP) is 4.01. The molecule has 1 heterocycles. The first-order valence-electron chi connectivity index (χ1n) is 11.1. The molecule has 3 rings (SSSR count). The summed E-state index contributed by atoms with van der Waals surface area (Å²) < 4.78 is 11.3. The molecule has 1 saturated carbocycles. The Bertz CT molecular complexity index is 949. The SMILES string of the molecule is CCOC(=O)c1c(C)nc2cccc(OCC3CCC(C(=O)NC(C)C)CC3)c2c1N. The summed E-state index contributed by atoms with van der Waals surface area (Å²) in [6.45, 7) is 8.29. The van der Waals surface area contributed by atoms with Crippen molar-refractivity contribution in [3.05, 3.63) is 29.5 Å². The fourth-order valence-electron chi connectivity index (χ4n) is 4.22. The van der Waals surface area contributed by atoms with E-state index < -0.39 is 5.97 Å². The second-order valence-electron chi connectivity index (χ2n) is 8.55. The van der Waals surface area contributed by atoms with Crippen LogP contribution in [0.5, 0.6) is 5.75 Å². The minimum atomic E-state index is -0.473. The lowest BCUT2D eigenvalue weighted by atomic mass is 9.82. The van der Waals surface area contributed by atoms with Gasteiger partial charge in [0.2, 0.25) is 5.91 Å². The van der Waals surface area contributed by atoms with Crippen LogP contribution in [0.3, 0.4) is 0 Å². The molecule has 1 fully saturated rings. The van der Waals surface area contributed by atoms with Gasteiger partial charge in [-0.1, -0.05) is 6.07 Å². The minimum Gasteiger partial charge on any atom is -0.493 e. The number of hydrogen-bond donors (Lipinski definition) is 2.